The SMILES string of the molecule is O=C(NCc1cnc[nH]1)c1cc(Cl)ccc1Br. The maximum atomic E-state index is 11.9. The highest BCUT2D eigenvalue weighted by molar-refractivity contribution is 9.10. The summed E-state index contributed by atoms with van der Waals surface area (Å²) < 4.78 is 0.712. The summed E-state index contributed by atoms with van der Waals surface area (Å²) in [5.74, 6) is -0.186. The summed E-state index contributed by atoms with van der Waals surface area (Å²) in [5, 5.41) is 3.30. The summed E-state index contributed by atoms with van der Waals surface area (Å²) in [6.45, 7) is 0.401. The quantitative estimate of drug-likeness (QED) is 0.915. The monoisotopic (exact) mass is 313 g/mol. The first-order valence-electron chi connectivity index (χ1n) is 4.87. The summed E-state index contributed by atoms with van der Waals surface area (Å²) in [4.78, 5) is 18.7. The predicted molar refractivity (Wildman–Crippen MR) is 68.9 cm³/mol. The summed E-state index contributed by atoms with van der Waals surface area (Å²) in [5.41, 5.74) is 1.36. The Morgan fingerprint density at radius 3 is 3.06 bits per heavy atom. The van der Waals surface area contributed by atoms with Gasteiger partial charge in [0, 0.05) is 15.7 Å². The Morgan fingerprint density at radius 2 is 2.35 bits per heavy atom. The van der Waals surface area contributed by atoms with E-state index in [0.717, 1.165) is 5.69 Å². The van der Waals surface area contributed by atoms with Crippen molar-refractivity contribution in [2.45, 2.75) is 6.54 Å². The molecule has 4 nitrogen and oxygen atoms in total. The Balaban J connectivity index is 2.07. The molecule has 0 unspecified atom stereocenters. The van der Waals surface area contributed by atoms with Gasteiger partial charge < -0.3 is 10.3 Å². The van der Waals surface area contributed by atoms with Crippen molar-refractivity contribution in [1.82, 2.24) is 15.3 Å². The number of halogens is 2. The van der Waals surface area contributed by atoms with Crippen molar-refractivity contribution in [3.8, 4) is 0 Å². The van der Waals surface area contributed by atoms with Gasteiger partial charge in [-0.3, -0.25) is 4.79 Å². The molecule has 2 rings (SSSR count). The van der Waals surface area contributed by atoms with Crippen molar-refractivity contribution in [3.05, 3.63) is 51.5 Å². The zero-order valence-corrected chi connectivity index (χ0v) is 11.0. The first-order chi connectivity index (χ1) is 8.16. The molecule has 0 spiro atoms. The zero-order valence-electron chi connectivity index (χ0n) is 8.71. The van der Waals surface area contributed by atoms with E-state index in [4.69, 9.17) is 11.6 Å². The second-order valence-corrected chi connectivity index (χ2v) is 4.67. The fourth-order valence-electron chi connectivity index (χ4n) is 1.32. The van der Waals surface area contributed by atoms with E-state index in [0.29, 0.717) is 21.6 Å². The van der Waals surface area contributed by atoms with Crippen LogP contribution >= 0.6 is 27.5 Å². The molecule has 6 heteroatoms. The van der Waals surface area contributed by atoms with E-state index in [9.17, 15) is 4.79 Å². The molecule has 0 bridgehead atoms. The first kappa shape index (κ1) is 12.1. The van der Waals surface area contributed by atoms with Gasteiger partial charge in [-0.2, -0.15) is 0 Å². The predicted octanol–water partition coefficient (Wildman–Crippen LogP) is 2.76. The molecule has 0 radical (unpaired) electrons. The summed E-state index contributed by atoms with van der Waals surface area (Å²) in [6, 6.07) is 5.08. The smallest absolute Gasteiger partial charge is 0.252 e. The van der Waals surface area contributed by atoms with Gasteiger partial charge in [-0.25, -0.2) is 4.98 Å². The zero-order chi connectivity index (χ0) is 12.3. The van der Waals surface area contributed by atoms with Crippen molar-refractivity contribution >= 4 is 33.4 Å². The molecular weight excluding hydrogens is 305 g/mol. The number of carbonyl (C=O) groups excluding carboxylic acids is 1. The lowest BCUT2D eigenvalue weighted by molar-refractivity contribution is 0.0949. The minimum atomic E-state index is -0.186. The highest BCUT2D eigenvalue weighted by Gasteiger charge is 2.10. The molecule has 0 saturated heterocycles. The molecule has 0 aliphatic heterocycles. The van der Waals surface area contributed by atoms with Gasteiger partial charge in [0.05, 0.1) is 24.1 Å². The van der Waals surface area contributed by atoms with E-state index >= 15 is 0 Å². The van der Waals surface area contributed by atoms with Crippen molar-refractivity contribution in [1.29, 1.82) is 0 Å². The van der Waals surface area contributed by atoms with Crippen LogP contribution in [0, 0.1) is 0 Å². The average Bonchev–Trinajstić information content (AvgIpc) is 2.82. The molecule has 1 heterocycles. The summed E-state index contributed by atoms with van der Waals surface area (Å²) in [6.07, 6.45) is 3.23. The number of hydrogen-bond acceptors (Lipinski definition) is 2. The molecule has 17 heavy (non-hydrogen) atoms. The largest absolute Gasteiger partial charge is 0.347 e. The molecule has 88 valence electrons. The third-order valence-corrected chi connectivity index (χ3v) is 3.09. The molecule has 0 saturated carbocycles. The van der Waals surface area contributed by atoms with Crippen LogP contribution in [0.1, 0.15) is 16.1 Å². The van der Waals surface area contributed by atoms with Crippen LogP contribution in [-0.2, 0) is 6.54 Å². The number of nitrogens with zero attached hydrogens (tertiary/aromatic N) is 1. The number of amides is 1. The molecule has 2 N–H and O–H groups in total. The van der Waals surface area contributed by atoms with Crippen molar-refractivity contribution in [2.24, 2.45) is 0 Å². The minimum Gasteiger partial charge on any atom is -0.347 e. The fraction of sp³-hybridized carbons (Fsp3) is 0.0909. The van der Waals surface area contributed by atoms with Crippen molar-refractivity contribution < 1.29 is 4.79 Å². The number of hydrogen-bond donors (Lipinski definition) is 2. The molecule has 1 aromatic carbocycles. The number of benzene rings is 1. The Hall–Kier alpha value is -1.33. The lowest BCUT2D eigenvalue weighted by Gasteiger charge is -2.06. The number of nitrogens with one attached hydrogen (secondary N) is 2. The van der Waals surface area contributed by atoms with Gasteiger partial charge in [0.15, 0.2) is 0 Å². The van der Waals surface area contributed by atoms with Gasteiger partial charge in [-0.15, -0.1) is 0 Å². The van der Waals surface area contributed by atoms with E-state index in [1.165, 1.54) is 0 Å². The Kier molecular flexibility index (Phi) is 3.81. The topological polar surface area (TPSA) is 57.8 Å². The van der Waals surface area contributed by atoms with Crippen LogP contribution < -0.4 is 5.32 Å². The number of carbonyl (C=O) groups is 1. The van der Waals surface area contributed by atoms with E-state index in [2.05, 4.69) is 31.2 Å². The van der Waals surface area contributed by atoms with E-state index in [1.54, 1.807) is 30.7 Å². The Morgan fingerprint density at radius 1 is 1.53 bits per heavy atom. The normalized spacial score (nSPS) is 10.2. The first-order valence-corrected chi connectivity index (χ1v) is 6.04. The summed E-state index contributed by atoms with van der Waals surface area (Å²) in [7, 11) is 0. The second kappa shape index (κ2) is 5.33. The maximum absolute atomic E-state index is 11.9. The van der Waals surface area contributed by atoms with Crippen LogP contribution in [0.3, 0.4) is 0 Å². The fourth-order valence-corrected chi connectivity index (χ4v) is 1.92. The lowest BCUT2D eigenvalue weighted by Crippen LogP contribution is -2.23. The van der Waals surface area contributed by atoms with Crippen LogP contribution in [-0.4, -0.2) is 15.9 Å². The minimum absolute atomic E-state index is 0.186. The van der Waals surface area contributed by atoms with Crippen LogP contribution in [0.15, 0.2) is 35.2 Å². The highest BCUT2D eigenvalue weighted by Crippen LogP contribution is 2.21. The molecule has 1 aromatic heterocycles. The van der Waals surface area contributed by atoms with Gasteiger partial charge in [0.1, 0.15) is 0 Å². The Bertz CT molecular complexity index is 528. The maximum Gasteiger partial charge on any atom is 0.252 e. The number of rotatable bonds is 3. The number of aromatic nitrogens is 2. The third-order valence-electron chi connectivity index (χ3n) is 2.17. The number of H-pyrrole nitrogens is 1. The number of imidazole rings is 1. The summed E-state index contributed by atoms with van der Waals surface area (Å²) >= 11 is 9.15. The van der Waals surface area contributed by atoms with Gasteiger partial charge in [0.2, 0.25) is 0 Å². The molecule has 0 aliphatic carbocycles. The average molecular weight is 315 g/mol. The standard InChI is InChI=1S/C11H9BrClN3O/c12-10-2-1-7(13)3-9(10)11(17)15-5-8-4-14-6-16-8/h1-4,6H,5H2,(H,14,16)(H,15,17). The van der Waals surface area contributed by atoms with Gasteiger partial charge >= 0.3 is 0 Å². The Labute approximate surface area is 112 Å². The van der Waals surface area contributed by atoms with E-state index in [-0.39, 0.29) is 5.91 Å². The van der Waals surface area contributed by atoms with E-state index < -0.39 is 0 Å². The van der Waals surface area contributed by atoms with Gasteiger partial charge in [-0.05, 0) is 34.1 Å². The van der Waals surface area contributed by atoms with Gasteiger partial charge in [0.25, 0.3) is 5.91 Å². The molecular formula is C11H9BrClN3O. The molecule has 1 amide bonds. The van der Waals surface area contributed by atoms with Crippen molar-refractivity contribution in [3.63, 3.8) is 0 Å². The highest BCUT2D eigenvalue weighted by atomic mass is 79.9. The van der Waals surface area contributed by atoms with Crippen LogP contribution in [0.25, 0.3) is 0 Å². The van der Waals surface area contributed by atoms with Crippen LogP contribution in [0.5, 0.6) is 0 Å². The molecule has 0 fully saturated rings. The molecule has 2 aromatic rings. The molecule has 0 aliphatic rings. The molecule has 0 atom stereocenters. The van der Waals surface area contributed by atoms with Crippen molar-refractivity contribution in [2.75, 3.05) is 0 Å². The third kappa shape index (κ3) is 3.08. The lowest BCUT2D eigenvalue weighted by atomic mass is 10.2. The number of aromatic amines is 1. The van der Waals surface area contributed by atoms with Gasteiger partial charge in [-0.1, -0.05) is 11.6 Å². The second-order valence-electron chi connectivity index (χ2n) is 3.38. The van der Waals surface area contributed by atoms with Crippen LogP contribution in [0.2, 0.25) is 5.02 Å². The van der Waals surface area contributed by atoms with Crippen LogP contribution in [0.4, 0.5) is 0 Å². The van der Waals surface area contributed by atoms with E-state index in [1.807, 2.05) is 0 Å².